The summed E-state index contributed by atoms with van der Waals surface area (Å²) in [5.41, 5.74) is 3.59. The zero-order valence-corrected chi connectivity index (χ0v) is 18.1. The van der Waals surface area contributed by atoms with Gasteiger partial charge in [0.2, 0.25) is 0 Å². The van der Waals surface area contributed by atoms with Gasteiger partial charge in [0, 0.05) is 21.6 Å². The van der Waals surface area contributed by atoms with Crippen molar-refractivity contribution in [2.75, 3.05) is 0 Å². The molecule has 0 aliphatic heterocycles. The molecule has 4 nitrogen and oxygen atoms in total. The Morgan fingerprint density at radius 1 is 1.10 bits per heavy atom. The van der Waals surface area contributed by atoms with E-state index in [9.17, 15) is 4.79 Å². The maximum absolute atomic E-state index is 12.7. The number of hydrogen-bond donors (Lipinski definition) is 1. The van der Waals surface area contributed by atoms with E-state index in [0.717, 1.165) is 26.9 Å². The highest BCUT2D eigenvalue weighted by molar-refractivity contribution is 9.10. The second-order valence-corrected chi connectivity index (χ2v) is 8.23. The molecule has 1 aromatic heterocycles. The average molecular weight is 469 g/mol. The third kappa shape index (κ3) is 4.36. The van der Waals surface area contributed by atoms with Gasteiger partial charge in [0.25, 0.3) is 5.91 Å². The van der Waals surface area contributed by atoms with Crippen LogP contribution in [0.2, 0.25) is 5.02 Å². The molecule has 3 aromatic carbocycles. The number of halogens is 2. The first kappa shape index (κ1) is 19.7. The van der Waals surface area contributed by atoms with Crippen molar-refractivity contribution in [2.45, 2.75) is 19.5 Å². The summed E-state index contributed by atoms with van der Waals surface area (Å²) in [6, 6.07) is 22.8. The summed E-state index contributed by atoms with van der Waals surface area (Å²) in [5.74, 6) is 0.662. The van der Waals surface area contributed by atoms with E-state index in [1.54, 1.807) is 12.1 Å². The van der Waals surface area contributed by atoms with Crippen molar-refractivity contribution in [3.63, 3.8) is 0 Å². The molecular weight excluding hydrogens is 450 g/mol. The molecule has 0 radical (unpaired) electrons. The van der Waals surface area contributed by atoms with Crippen molar-refractivity contribution in [3.8, 4) is 0 Å². The summed E-state index contributed by atoms with van der Waals surface area (Å²) >= 11 is 9.58. The van der Waals surface area contributed by atoms with E-state index < -0.39 is 0 Å². The summed E-state index contributed by atoms with van der Waals surface area (Å²) in [6.45, 7) is 2.57. The van der Waals surface area contributed by atoms with Gasteiger partial charge < -0.3 is 9.88 Å². The molecule has 0 fully saturated rings. The molecule has 29 heavy (non-hydrogen) atoms. The molecule has 0 aliphatic rings. The molecule has 1 atom stereocenters. The fourth-order valence-corrected chi connectivity index (χ4v) is 4.00. The molecule has 1 amide bonds. The molecule has 146 valence electrons. The van der Waals surface area contributed by atoms with E-state index in [2.05, 4.69) is 25.8 Å². The standard InChI is InChI=1S/C23H19BrClN3O/c1-15(26-23(29)17-7-5-8-18(24)13-17)22-27-20-10-2-3-11-21(20)28(22)14-16-6-4-9-19(25)12-16/h2-13,15H,14H2,1H3,(H,26,29)/t15-/m0/s1. The molecule has 0 saturated heterocycles. The number of nitrogens with one attached hydrogen (secondary N) is 1. The fourth-order valence-electron chi connectivity index (χ4n) is 3.38. The zero-order valence-electron chi connectivity index (χ0n) is 15.8. The van der Waals surface area contributed by atoms with E-state index in [-0.39, 0.29) is 11.9 Å². The molecule has 0 unspecified atom stereocenters. The minimum atomic E-state index is -0.270. The van der Waals surface area contributed by atoms with Gasteiger partial charge >= 0.3 is 0 Å². The van der Waals surface area contributed by atoms with Gasteiger partial charge in [0.05, 0.1) is 17.1 Å². The SMILES string of the molecule is C[C@H](NC(=O)c1cccc(Br)c1)c1nc2ccccc2n1Cc1cccc(Cl)c1. The summed E-state index contributed by atoms with van der Waals surface area (Å²) in [6.07, 6.45) is 0. The molecule has 0 bridgehead atoms. The van der Waals surface area contributed by atoms with Gasteiger partial charge in [-0.05, 0) is 55.0 Å². The average Bonchev–Trinajstić information content (AvgIpc) is 3.07. The van der Waals surface area contributed by atoms with E-state index >= 15 is 0 Å². The predicted octanol–water partition coefficient (Wildman–Crippen LogP) is 5.99. The number of rotatable bonds is 5. The minimum Gasteiger partial charge on any atom is -0.342 e. The second kappa shape index (κ2) is 8.39. The molecular formula is C23H19BrClN3O. The number of fused-ring (bicyclic) bond motifs is 1. The molecule has 1 heterocycles. The highest BCUT2D eigenvalue weighted by atomic mass is 79.9. The quantitative estimate of drug-likeness (QED) is 0.391. The van der Waals surface area contributed by atoms with Crippen LogP contribution in [-0.2, 0) is 6.54 Å². The molecule has 1 N–H and O–H groups in total. The molecule has 6 heteroatoms. The monoisotopic (exact) mass is 467 g/mol. The third-order valence-corrected chi connectivity index (χ3v) is 5.46. The lowest BCUT2D eigenvalue weighted by Crippen LogP contribution is -2.28. The number of para-hydroxylation sites is 2. The van der Waals surface area contributed by atoms with Crippen LogP contribution in [0.3, 0.4) is 0 Å². The van der Waals surface area contributed by atoms with Gasteiger partial charge in [0.1, 0.15) is 5.82 Å². The van der Waals surface area contributed by atoms with Gasteiger partial charge in [-0.15, -0.1) is 0 Å². The highest BCUT2D eigenvalue weighted by Crippen LogP contribution is 2.23. The summed E-state index contributed by atoms with van der Waals surface area (Å²) in [4.78, 5) is 17.5. The second-order valence-electron chi connectivity index (χ2n) is 6.88. The Morgan fingerprint density at radius 3 is 2.69 bits per heavy atom. The minimum absolute atomic E-state index is 0.139. The normalized spacial score (nSPS) is 12.1. The lowest BCUT2D eigenvalue weighted by molar-refractivity contribution is 0.0937. The van der Waals surface area contributed by atoms with E-state index in [1.165, 1.54) is 0 Å². The van der Waals surface area contributed by atoms with Crippen molar-refractivity contribution >= 4 is 44.5 Å². The Hall–Kier alpha value is -2.63. The molecule has 4 aromatic rings. The van der Waals surface area contributed by atoms with Crippen molar-refractivity contribution < 1.29 is 4.79 Å². The fraction of sp³-hybridized carbons (Fsp3) is 0.130. The number of aromatic nitrogens is 2. The lowest BCUT2D eigenvalue weighted by Gasteiger charge is -2.17. The molecule has 4 rings (SSSR count). The molecule has 0 saturated carbocycles. The number of imidazole rings is 1. The Bertz CT molecular complexity index is 1190. The summed E-state index contributed by atoms with van der Waals surface area (Å²) in [5, 5.41) is 3.77. The van der Waals surface area contributed by atoms with E-state index in [1.807, 2.05) is 67.6 Å². The number of amides is 1. The van der Waals surface area contributed by atoms with Crippen molar-refractivity contribution in [3.05, 3.63) is 99.2 Å². The number of benzene rings is 3. The van der Waals surface area contributed by atoms with Crippen LogP contribution >= 0.6 is 27.5 Å². The molecule has 0 spiro atoms. The van der Waals surface area contributed by atoms with Crippen molar-refractivity contribution in [2.24, 2.45) is 0 Å². The number of hydrogen-bond acceptors (Lipinski definition) is 2. The first-order valence-corrected chi connectivity index (χ1v) is 10.4. The van der Waals surface area contributed by atoms with Crippen LogP contribution in [-0.4, -0.2) is 15.5 Å². The van der Waals surface area contributed by atoms with Crippen LogP contribution in [0.15, 0.2) is 77.3 Å². The first-order valence-electron chi connectivity index (χ1n) is 9.27. The number of nitrogens with zero attached hydrogens (tertiary/aromatic N) is 2. The third-order valence-electron chi connectivity index (χ3n) is 4.74. The van der Waals surface area contributed by atoms with Crippen LogP contribution in [0.1, 0.15) is 34.7 Å². The van der Waals surface area contributed by atoms with Gasteiger partial charge in [-0.25, -0.2) is 4.98 Å². The van der Waals surface area contributed by atoms with Crippen LogP contribution in [0, 0.1) is 0 Å². The first-order chi connectivity index (χ1) is 14.0. The Kier molecular flexibility index (Phi) is 5.69. The highest BCUT2D eigenvalue weighted by Gasteiger charge is 2.19. The van der Waals surface area contributed by atoms with E-state index in [4.69, 9.17) is 16.6 Å². The smallest absolute Gasteiger partial charge is 0.251 e. The van der Waals surface area contributed by atoms with Crippen molar-refractivity contribution in [1.82, 2.24) is 14.9 Å². The zero-order chi connectivity index (χ0) is 20.4. The predicted molar refractivity (Wildman–Crippen MR) is 120 cm³/mol. The van der Waals surface area contributed by atoms with Crippen molar-refractivity contribution in [1.29, 1.82) is 0 Å². The van der Waals surface area contributed by atoms with Crippen LogP contribution < -0.4 is 5.32 Å². The van der Waals surface area contributed by atoms with Gasteiger partial charge in [-0.3, -0.25) is 4.79 Å². The van der Waals surface area contributed by atoms with Gasteiger partial charge in [0.15, 0.2) is 0 Å². The Labute approximate surface area is 182 Å². The topological polar surface area (TPSA) is 46.9 Å². The maximum atomic E-state index is 12.7. The van der Waals surface area contributed by atoms with Crippen LogP contribution in [0.25, 0.3) is 11.0 Å². The van der Waals surface area contributed by atoms with Crippen LogP contribution in [0.4, 0.5) is 0 Å². The lowest BCUT2D eigenvalue weighted by atomic mass is 10.2. The van der Waals surface area contributed by atoms with Crippen LogP contribution in [0.5, 0.6) is 0 Å². The van der Waals surface area contributed by atoms with Gasteiger partial charge in [-0.1, -0.05) is 57.9 Å². The van der Waals surface area contributed by atoms with E-state index in [0.29, 0.717) is 17.1 Å². The summed E-state index contributed by atoms with van der Waals surface area (Å²) < 4.78 is 3.00. The van der Waals surface area contributed by atoms with Gasteiger partial charge in [-0.2, -0.15) is 0 Å². The number of carbonyl (C=O) groups excluding carboxylic acids is 1. The Morgan fingerprint density at radius 2 is 1.90 bits per heavy atom. The molecule has 0 aliphatic carbocycles. The number of carbonyl (C=O) groups is 1. The largest absolute Gasteiger partial charge is 0.342 e. The Balaban J connectivity index is 1.68. The maximum Gasteiger partial charge on any atom is 0.251 e. The summed E-state index contributed by atoms with van der Waals surface area (Å²) in [7, 11) is 0.